The van der Waals surface area contributed by atoms with Gasteiger partial charge in [-0.1, -0.05) is 127 Å². The first-order valence-electron chi connectivity index (χ1n) is 16.0. The highest BCUT2D eigenvalue weighted by Gasteiger charge is 2.29. The molecule has 0 radical (unpaired) electrons. The van der Waals surface area contributed by atoms with Crippen molar-refractivity contribution in [1.29, 1.82) is 0 Å². The molecule has 48 heavy (non-hydrogen) atoms. The van der Waals surface area contributed by atoms with Gasteiger partial charge in [-0.25, -0.2) is 4.98 Å². The van der Waals surface area contributed by atoms with Gasteiger partial charge in [0, 0.05) is 32.8 Å². The minimum atomic E-state index is 0.555. The number of nitrogens with zero attached hydrogens (tertiary/aromatic N) is 4. The summed E-state index contributed by atoms with van der Waals surface area (Å²) in [5, 5.41) is 4.36. The molecule has 5 nitrogen and oxygen atoms in total. The molecule has 0 saturated heterocycles. The molecular weight excluding hydrogens is 589 g/mol. The lowest BCUT2D eigenvalue weighted by molar-refractivity contribution is 0.669. The fourth-order valence-corrected chi connectivity index (χ4v) is 7.12. The van der Waals surface area contributed by atoms with Crippen LogP contribution >= 0.6 is 0 Å². The molecule has 10 rings (SSSR count). The summed E-state index contributed by atoms with van der Waals surface area (Å²) in [6, 6.07) is 54.4. The molecule has 0 N–H and O–H groups in total. The summed E-state index contributed by atoms with van der Waals surface area (Å²) in [6.45, 7) is 0. The Morgan fingerprint density at radius 1 is 0.417 bits per heavy atom. The first-order valence-corrected chi connectivity index (χ1v) is 16.0. The zero-order valence-corrected chi connectivity index (χ0v) is 25.7. The molecule has 0 atom stereocenters. The van der Waals surface area contributed by atoms with Gasteiger partial charge in [0.1, 0.15) is 11.2 Å². The van der Waals surface area contributed by atoms with Crippen LogP contribution in [0.2, 0.25) is 0 Å². The van der Waals surface area contributed by atoms with E-state index in [0.717, 1.165) is 61.1 Å². The molecule has 0 aliphatic carbocycles. The van der Waals surface area contributed by atoms with Crippen LogP contribution in [0.3, 0.4) is 0 Å². The lowest BCUT2D eigenvalue weighted by Crippen LogP contribution is -2.18. The smallest absolute Gasteiger partial charge is 0.238 e. The molecule has 0 amide bonds. The topological polar surface area (TPSA) is 55.1 Å². The summed E-state index contributed by atoms with van der Waals surface area (Å²) in [5.41, 5.74) is 10.1. The second-order valence-corrected chi connectivity index (χ2v) is 12.0. The summed E-state index contributed by atoms with van der Waals surface area (Å²) in [7, 11) is 0. The second-order valence-electron chi connectivity index (χ2n) is 12.0. The molecule has 0 unspecified atom stereocenters. The van der Waals surface area contributed by atoms with Crippen molar-refractivity contribution in [3.63, 3.8) is 0 Å². The van der Waals surface area contributed by atoms with Gasteiger partial charge >= 0.3 is 0 Å². The normalized spacial score (nSPS) is 12.1. The molecule has 7 aromatic carbocycles. The quantitative estimate of drug-likeness (QED) is 0.197. The monoisotopic (exact) mass is 614 g/mol. The van der Waals surface area contributed by atoms with Gasteiger partial charge in [-0.2, -0.15) is 9.97 Å². The molecule has 1 aliphatic rings. The van der Waals surface area contributed by atoms with E-state index in [4.69, 9.17) is 19.4 Å². The van der Waals surface area contributed by atoms with Crippen LogP contribution in [-0.4, -0.2) is 15.0 Å². The number of rotatable bonds is 4. The third-order valence-electron chi connectivity index (χ3n) is 9.25. The lowest BCUT2D eigenvalue weighted by atomic mass is 9.91. The van der Waals surface area contributed by atoms with Gasteiger partial charge in [0.25, 0.3) is 0 Å². The maximum Gasteiger partial charge on any atom is 0.238 e. The molecule has 9 aromatic rings. The number of furan rings is 1. The predicted octanol–water partition coefficient (Wildman–Crippen LogP) is 11.4. The van der Waals surface area contributed by atoms with Crippen LogP contribution in [0.4, 0.5) is 17.3 Å². The van der Waals surface area contributed by atoms with E-state index in [2.05, 4.69) is 126 Å². The van der Waals surface area contributed by atoms with Crippen molar-refractivity contribution >= 4 is 50.0 Å². The fourth-order valence-electron chi connectivity index (χ4n) is 7.12. The van der Waals surface area contributed by atoms with Crippen LogP contribution < -0.4 is 4.90 Å². The Kier molecular flexibility index (Phi) is 5.81. The Morgan fingerprint density at radius 2 is 1.06 bits per heavy atom. The van der Waals surface area contributed by atoms with E-state index in [1.165, 1.54) is 16.3 Å². The number of aromatic nitrogens is 3. The van der Waals surface area contributed by atoms with Gasteiger partial charge in [0.2, 0.25) is 5.95 Å². The van der Waals surface area contributed by atoms with Crippen LogP contribution in [-0.2, 0) is 0 Å². The molecule has 3 heterocycles. The zero-order valence-electron chi connectivity index (χ0n) is 25.7. The summed E-state index contributed by atoms with van der Waals surface area (Å²) < 4.78 is 6.28. The van der Waals surface area contributed by atoms with E-state index in [9.17, 15) is 0 Å². The molecule has 0 saturated carbocycles. The van der Waals surface area contributed by atoms with E-state index < -0.39 is 0 Å². The molecule has 0 bridgehead atoms. The van der Waals surface area contributed by atoms with Crippen LogP contribution in [0.25, 0.3) is 77.7 Å². The highest BCUT2D eigenvalue weighted by Crippen LogP contribution is 2.50. The molecule has 2 aromatic heterocycles. The molecule has 0 spiro atoms. The Balaban J connectivity index is 1.27. The van der Waals surface area contributed by atoms with E-state index in [-0.39, 0.29) is 0 Å². The van der Waals surface area contributed by atoms with Crippen molar-refractivity contribution in [2.24, 2.45) is 0 Å². The average Bonchev–Trinajstić information content (AvgIpc) is 3.54. The van der Waals surface area contributed by atoms with Crippen molar-refractivity contribution in [3.8, 4) is 45.0 Å². The highest BCUT2D eigenvalue weighted by molar-refractivity contribution is 6.14. The van der Waals surface area contributed by atoms with Crippen LogP contribution in [0.5, 0.6) is 0 Å². The summed E-state index contributed by atoms with van der Waals surface area (Å²) in [6.07, 6.45) is 0. The molecule has 5 heteroatoms. The van der Waals surface area contributed by atoms with Gasteiger partial charge in [0.05, 0.1) is 11.4 Å². The number of hydrogen-bond donors (Lipinski definition) is 0. The van der Waals surface area contributed by atoms with E-state index in [1.54, 1.807) is 0 Å². The molecule has 224 valence electrons. The van der Waals surface area contributed by atoms with E-state index >= 15 is 0 Å². The first-order chi connectivity index (χ1) is 23.8. The molecule has 1 aliphatic heterocycles. The van der Waals surface area contributed by atoms with Gasteiger partial charge in [-0.15, -0.1) is 0 Å². The van der Waals surface area contributed by atoms with Crippen LogP contribution in [0.1, 0.15) is 0 Å². The maximum atomic E-state index is 6.28. The predicted molar refractivity (Wildman–Crippen MR) is 195 cm³/mol. The highest BCUT2D eigenvalue weighted by atomic mass is 16.3. The van der Waals surface area contributed by atoms with Gasteiger partial charge < -0.3 is 4.42 Å². The van der Waals surface area contributed by atoms with Gasteiger partial charge in [-0.05, 0) is 52.4 Å². The first kappa shape index (κ1) is 26.6. The Morgan fingerprint density at radius 3 is 2.00 bits per heavy atom. The molecule has 0 fully saturated rings. The van der Waals surface area contributed by atoms with Crippen molar-refractivity contribution in [1.82, 2.24) is 15.0 Å². The largest absolute Gasteiger partial charge is 0.456 e. The fraction of sp³-hybridized carbons (Fsp3) is 0. The second kappa shape index (κ2) is 10.5. The van der Waals surface area contributed by atoms with Crippen molar-refractivity contribution in [2.45, 2.75) is 0 Å². The maximum absolute atomic E-state index is 6.28. The number of para-hydroxylation sites is 2. The Hall–Kier alpha value is -6.59. The SMILES string of the molecule is c1ccc(-c2cccc(-c3nc(-c4cccc5oc6ccccc6c45)nc(N4c5ccccc5-c5cccc6cccc4c56)n3)c2)cc1. The third kappa shape index (κ3) is 4.08. The van der Waals surface area contributed by atoms with Crippen LogP contribution in [0.15, 0.2) is 162 Å². The summed E-state index contributed by atoms with van der Waals surface area (Å²) in [5.74, 6) is 1.74. The number of fused-ring (bicyclic) bond motifs is 5. The third-order valence-corrected chi connectivity index (χ3v) is 9.25. The van der Waals surface area contributed by atoms with E-state index in [1.807, 2.05) is 36.4 Å². The lowest BCUT2D eigenvalue weighted by Gasteiger charge is -2.32. The average molecular weight is 615 g/mol. The Bertz CT molecular complexity index is 2690. The number of benzene rings is 7. The Labute approximate surface area is 276 Å². The summed E-state index contributed by atoms with van der Waals surface area (Å²) >= 11 is 0. The van der Waals surface area contributed by atoms with Crippen molar-refractivity contribution < 1.29 is 4.42 Å². The number of anilines is 3. The van der Waals surface area contributed by atoms with Crippen LogP contribution in [0, 0.1) is 0 Å². The van der Waals surface area contributed by atoms with Crippen molar-refractivity contribution in [3.05, 3.63) is 158 Å². The van der Waals surface area contributed by atoms with Gasteiger partial charge in [0.15, 0.2) is 11.6 Å². The van der Waals surface area contributed by atoms with Gasteiger partial charge in [-0.3, -0.25) is 4.90 Å². The number of hydrogen-bond acceptors (Lipinski definition) is 5. The minimum Gasteiger partial charge on any atom is -0.456 e. The zero-order chi connectivity index (χ0) is 31.6. The minimum absolute atomic E-state index is 0.555. The van der Waals surface area contributed by atoms with Crippen molar-refractivity contribution in [2.75, 3.05) is 4.90 Å². The summed E-state index contributed by atoms with van der Waals surface area (Å²) in [4.78, 5) is 17.9. The molecular formula is C43H26N4O. The standard InChI is InChI=1S/C43H26N4O/c1-2-12-27(13-3-1)29-16-8-17-30(26-29)41-44-42(34-21-11-25-38-40(34)33-19-5-7-24-37(33)48-38)46-43(45-41)47-35-22-6-4-18-31(35)32-20-9-14-28-15-10-23-36(47)39(28)32/h1-26H. The van der Waals surface area contributed by atoms with E-state index in [0.29, 0.717) is 17.6 Å².